The minimum absolute atomic E-state index is 0.0741. The fourth-order valence-corrected chi connectivity index (χ4v) is 5.20. The molecule has 0 radical (unpaired) electrons. The first-order valence-electron chi connectivity index (χ1n) is 11.4. The van der Waals surface area contributed by atoms with Crippen LogP contribution >= 0.6 is 11.6 Å². The average molecular weight is 528 g/mol. The predicted octanol–water partition coefficient (Wildman–Crippen LogP) is 4.32. The van der Waals surface area contributed by atoms with Crippen LogP contribution in [0.5, 0.6) is 0 Å². The van der Waals surface area contributed by atoms with Crippen molar-refractivity contribution < 1.29 is 18.0 Å². The van der Waals surface area contributed by atoms with Crippen molar-refractivity contribution >= 4 is 39.1 Å². The molecule has 0 aliphatic rings. The Labute approximate surface area is 217 Å². The molecule has 3 aromatic carbocycles. The van der Waals surface area contributed by atoms with Gasteiger partial charge in [0, 0.05) is 18.6 Å². The van der Waals surface area contributed by atoms with E-state index in [0.717, 1.165) is 21.0 Å². The maximum atomic E-state index is 13.7. The summed E-state index contributed by atoms with van der Waals surface area (Å²) in [6.45, 7) is 5.00. The van der Waals surface area contributed by atoms with Gasteiger partial charge in [0.1, 0.15) is 12.6 Å². The zero-order valence-corrected chi connectivity index (χ0v) is 22.3. The van der Waals surface area contributed by atoms with Crippen LogP contribution < -0.4 is 9.62 Å². The number of aryl methyl sites for hydroxylation is 2. The van der Waals surface area contributed by atoms with E-state index in [1.807, 2.05) is 13.8 Å². The van der Waals surface area contributed by atoms with Gasteiger partial charge in [-0.25, -0.2) is 8.42 Å². The second-order valence-corrected chi connectivity index (χ2v) is 10.9. The van der Waals surface area contributed by atoms with Crippen LogP contribution in [0.1, 0.15) is 23.6 Å². The third-order valence-corrected chi connectivity index (χ3v) is 7.93. The molecular weight excluding hydrogens is 498 g/mol. The number of benzene rings is 3. The lowest BCUT2D eigenvalue weighted by atomic mass is 10.1. The number of carbonyl (C=O) groups is 2. The number of nitrogens with one attached hydrogen (secondary N) is 1. The topological polar surface area (TPSA) is 86.8 Å². The number of rotatable bonds is 9. The molecule has 3 rings (SSSR count). The highest BCUT2D eigenvalue weighted by molar-refractivity contribution is 7.92. The van der Waals surface area contributed by atoms with E-state index in [1.54, 1.807) is 67.6 Å². The first-order valence-corrected chi connectivity index (χ1v) is 13.3. The van der Waals surface area contributed by atoms with Gasteiger partial charge in [-0.2, -0.15) is 0 Å². The molecule has 2 amide bonds. The summed E-state index contributed by atoms with van der Waals surface area (Å²) in [7, 11) is -2.58. The van der Waals surface area contributed by atoms with E-state index >= 15 is 0 Å². The number of amides is 2. The maximum Gasteiger partial charge on any atom is 0.264 e. The van der Waals surface area contributed by atoms with Crippen LogP contribution in [0.4, 0.5) is 5.69 Å². The Morgan fingerprint density at radius 1 is 0.889 bits per heavy atom. The molecule has 1 unspecified atom stereocenters. The molecule has 1 atom stereocenters. The molecule has 0 fully saturated rings. The molecule has 0 aliphatic carbocycles. The zero-order chi connectivity index (χ0) is 26.5. The highest BCUT2D eigenvalue weighted by atomic mass is 35.5. The van der Waals surface area contributed by atoms with Crippen molar-refractivity contribution in [3.8, 4) is 0 Å². The van der Waals surface area contributed by atoms with Crippen LogP contribution in [0, 0.1) is 13.8 Å². The van der Waals surface area contributed by atoms with E-state index in [2.05, 4.69) is 5.32 Å². The maximum absolute atomic E-state index is 13.7. The van der Waals surface area contributed by atoms with Crippen molar-refractivity contribution in [2.75, 3.05) is 17.9 Å². The van der Waals surface area contributed by atoms with Crippen molar-refractivity contribution in [3.05, 3.63) is 94.5 Å². The second-order valence-electron chi connectivity index (χ2n) is 8.60. The Kier molecular flexibility index (Phi) is 8.76. The molecule has 0 spiro atoms. The van der Waals surface area contributed by atoms with E-state index < -0.39 is 28.5 Å². The van der Waals surface area contributed by atoms with Crippen molar-refractivity contribution in [1.29, 1.82) is 0 Å². The third kappa shape index (κ3) is 6.44. The van der Waals surface area contributed by atoms with Crippen molar-refractivity contribution in [1.82, 2.24) is 10.2 Å². The summed E-state index contributed by atoms with van der Waals surface area (Å²) >= 11 is 5.99. The zero-order valence-electron chi connectivity index (χ0n) is 20.7. The van der Waals surface area contributed by atoms with Gasteiger partial charge >= 0.3 is 0 Å². The van der Waals surface area contributed by atoms with Crippen molar-refractivity contribution in [2.45, 2.75) is 38.3 Å². The number of hydrogen-bond acceptors (Lipinski definition) is 4. The lowest BCUT2D eigenvalue weighted by molar-refractivity contribution is -0.139. The number of hydrogen-bond donors (Lipinski definition) is 1. The first kappa shape index (κ1) is 27.2. The minimum atomic E-state index is -4.07. The Bertz CT molecular complexity index is 1310. The fraction of sp³-hybridized carbons (Fsp3) is 0.259. The first-order chi connectivity index (χ1) is 17.0. The largest absolute Gasteiger partial charge is 0.357 e. The Morgan fingerprint density at radius 2 is 1.42 bits per heavy atom. The summed E-state index contributed by atoms with van der Waals surface area (Å²) in [5.74, 6) is -0.877. The monoisotopic (exact) mass is 527 g/mol. The van der Waals surface area contributed by atoms with E-state index in [1.165, 1.54) is 24.1 Å². The summed E-state index contributed by atoms with van der Waals surface area (Å²) in [5, 5.41) is 3.11. The molecule has 0 saturated heterocycles. The molecule has 9 heteroatoms. The molecule has 0 aliphatic heterocycles. The highest BCUT2D eigenvalue weighted by Crippen LogP contribution is 2.25. The highest BCUT2D eigenvalue weighted by Gasteiger charge is 2.32. The van der Waals surface area contributed by atoms with E-state index in [9.17, 15) is 18.0 Å². The summed E-state index contributed by atoms with van der Waals surface area (Å²) in [6, 6.07) is 19.5. The summed E-state index contributed by atoms with van der Waals surface area (Å²) in [5.41, 5.74) is 2.98. The normalized spacial score (nSPS) is 12.0. The second kappa shape index (κ2) is 11.6. The Hall–Kier alpha value is -3.36. The Balaban J connectivity index is 2.01. The van der Waals surface area contributed by atoms with Gasteiger partial charge in [0.15, 0.2) is 0 Å². The van der Waals surface area contributed by atoms with Gasteiger partial charge in [0.25, 0.3) is 10.0 Å². The summed E-state index contributed by atoms with van der Waals surface area (Å²) in [4.78, 5) is 27.6. The smallest absolute Gasteiger partial charge is 0.264 e. The quantitative estimate of drug-likeness (QED) is 0.449. The van der Waals surface area contributed by atoms with Gasteiger partial charge in [-0.05, 0) is 62.7 Å². The van der Waals surface area contributed by atoms with Crippen LogP contribution in [0.3, 0.4) is 0 Å². The van der Waals surface area contributed by atoms with Gasteiger partial charge in [-0.15, -0.1) is 0 Å². The number of sulfonamides is 1. The van der Waals surface area contributed by atoms with Crippen LogP contribution in [0.15, 0.2) is 77.7 Å². The predicted molar refractivity (Wildman–Crippen MR) is 142 cm³/mol. The molecule has 36 heavy (non-hydrogen) atoms. The SMILES string of the molecule is CNC(=O)C(C)N(Cc1ccc(Cl)cc1)C(=O)CN(c1ccc(C)cc1)S(=O)(=O)c1ccc(C)cc1. The van der Waals surface area contributed by atoms with E-state index in [-0.39, 0.29) is 17.3 Å². The minimum Gasteiger partial charge on any atom is -0.357 e. The van der Waals surface area contributed by atoms with Crippen LogP contribution in [-0.4, -0.2) is 44.8 Å². The van der Waals surface area contributed by atoms with Gasteiger partial charge in [0.05, 0.1) is 10.6 Å². The van der Waals surface area contributed by atoms with Gasteiger partial charge in [-0.3, -0.25) is 13.9 Å². The molecule has 0 bridgehead atoms. The Morgan fingerprint density at radius 3 is 1.94 bits per heavy atom. The number of halogens is 1. The average Bonchev–Trinajstić information content (AvgIpc) is 2.86. The number of anilines is 1. The van der Waals surface area contributed by atoms with Crippen molar-refractivity contribution in [3.63, 3.8) is 0 Å². The van der Waals surface area contributed by atoms with Crippen LogP contribution in [0.25, 0.3) is 0 Å². The number of carbonyl (C=O) groups excluding carboxylic acids is 2. The molecule has 1 N–H and O–H groups in total. The molecule has 0 heterocycles. The lowest BCUT2D eigenvalue weighted by Crippen LogP contribution is -2.50. The summed E-state index contributed by atoms with van der Waals surface area (Å²) < 4.78 is 28.5. The molecule has 3 aromatic rings. The molecular formula is C27H30ClN3O4S. The van der Waals surface area contributed by atoms with Crippen molar-refractivity contribution in [2.24, 2.45) is 0 Å². The van der Waals surface area contributed by atoms with Crippen LogP contribution in [0.2, 0.25) is 5.02 Å². The molecule has 190 valence electrons. The third-order valence-electron chi connectivity index (χ3n) is 5.89. The standard InChI is InChI=1S/C27H30ClN3O4S/c1-19-5-13-24(14-6-19)31(36(34,35)25-15-7-20(2)8-16-25)18-26(32)30(21(3)27(33)29-4)17-22-9-11-23(28)12-10-22/h5-16,21H,17-18H2,1-4H3,(H,29,33). The van der Waals surface area contributed by atoms with Gasteiger partial charge in [0.2, 0.25) is 11.8 Å². The number of likely N-dealkylation sites (N-methyl/N-ethyl adjacent to an activating group) is 1. The van der Waals surface area contributed by atoms with Crippen LogP contribution in [-0.2, 0) is 26.2 Å². The lowest BCUT2D eigenvalue weighted by Gasteiger charge is -2.31. The van der Waals surface area contributed by atoms with E-state index in [0.29, 0.717) is 10.7 Å². The molecule has 0 aromatic heterocycles. The summed E-state index contributed by atoms with van der Waals surface area (Å²) in [6.07, 6.45) is 0. The van der Waals surface area contributed by atoms with Gasteiger partial charge < -0.3 is 10.2 Å². The molecule has 0 saturated carbocycles. The van der Waals surface area contributed by atoms with Gasteiger partial charge in [-0.1, -0.05) is 59.1 Å². The van der Waals surface area contributed by atoms with E-state index in [4.69, 9.17) is 11.6 Å². The molecule has 7 nitrogen and oxygen atoms in total. The fourth-order valence-electron chi connectivity index (χ4n) is 3.66. The number of nitrogens with zero attached hydrogens (tertiary/aromatic N) is 2.